The third-order valence-electron chi connectivity index (χ3n) is 2.57. The molecular formula is C11H11ClN4O2. The molecule has 0 bridgehead atoms. The Kier molecular flexibility index (Phi) is 3.47. The number of aromatic nitrogens is 2. The lowest BCUT2D eigenvalue weighted by Gasteiger charge is -2.07. The van der Waals surface area contributed by atoms with E-state index < -0.39 is 4.92 Å². The highest BCUT2D eigenvalue weighted by Crippen LogP contribution is 2.23. The maximum atomic E-state index is 10.8. The van der Waals surface area contributed by atoms with Gasteiger partial charge < -0.3 is 9.88 Å². The van der Waals surface area contributed by atoms with Gasteiger partial charge in [0.25, 0.3) is 5.69 Å². The van der Waals surface area contributed by atoms with E-state index in [1.165, 1.54) is 12.3 Å². The predicted molar refractivity (Wildman–Crippen MR) is 68.6 cm³/mol. The molecule has 2 rings (SSSR count). The van der Waals surface area contributed by atoms with Crippen molar-refractivity contribution >= 4 is 23.0 Å². The summed E-state index contributed by atoms with van der Waals surface area (Å²) in [6, 6.07) is 6.47. The largest absolute Gasteiger partial charge is 0.372 e. The van der Waals surface area contributed by atoms with Gasteiger partial charge in [0.1, 0.15) is 16.7 Å². The molecule has 0 aliphatic rings. The van der Waals surface area contributed by atoms with Crippen LogP contribution in [0.2, 0.25) is 5.15 Å². The van der Waals surface area contributed by atoms with Crippen LogP contribution in [0.1, 0.15) is 5.82 Å². The fraction of sp³-hybridized carbons (Fsp3) is 0.182. The van der Waals surface area contributed by atoms with E-state index in [2.05, 4.69) is 10.3 Å². The molecule has 2 aromatic rings. The standard InChI is InChI=1S/C11H11ClN4O2/c1-15-10(12)6-14-11(15)7-13-8-4-2-3-5-9(8)16(17)18/h2-6,13H,7H2,1H3. The molecule has 7 heteroatoms. The highest BCUT2D eigenvalue weighted by atomic mass is 35.5. The van der Waals surface area contributed by atoms with Crippen LogP contribution in [0.4, 0.5) is 11.4 Å². The van der Waals surface area contributed by atoms with Gasteiger partial charge in [0, 0.05) is 13.1 Å². The summed E-state index contributed by atoms with van der Waals surface area (Å²) in [6.45, 7) is 0.369. The lowest BCUT2D eigenvalue weighted by molar-refractivity contribution is -0.384. The first-order valence-electron chi connectivity index (χ1n) is 5.23. The average Bonchev–Trinajstić information content (AvgIpc) is 2.68. The Labute approximate surface area is 108 Å². The Hall–Kier alpha value is -2.08. The number of nitrogens with one attached hydrogen (secondary N) is 1. The van der Waals surface area contributed by atoms with E-state index in [0.29, 0.717) is 23.2 Å². The highest BCUT2D eigenvalue weighted by molar-refractivity contribution is 6.29. The minimum Gasteiger partial charge on any atom is -0.372 e. The monoisotopic (exact) mass is 266 g/mol. The molecule has 0 saturated carbocycles. The van der Waals surface area contributed by atoms with Crippen LogP contribution in [0.15, 0.2) is 30.5 Å². The summed E-state index contributed by atoms with van der Waals surface area (Å²) in [6.07, 6.45) is 1.54. The van der Waals surface area contributed by atoms with Crippen molar-refractivity contribution in [2.75, 3.05) is 5.32 Å². The van der Waals surface area contributed by atoms with Gasteiger partial charge in [0.2, 0.25) is 0 Å². The third-order valence-corrected chi connectivity index (χ3v) is 2.92. The SMILES string of the molecule is Cn1c(Cl)cnc1CNc1ccccc1[N+](=O)[O-]. The van der Waals surface area contributed by atoms with Crippen LogP contribution in [0.3, 0.4) is 0 Å². The minimum atomic E-state index is -0.423. The quantitative estimate of drug-likeness (QED) is 0.682. The van der Waals surface area contributed by atoms with Crippen molar-refractivity contribution in [3.8, 4) is 0 Å². The molecule has 0 saturated heterocycles. The maximum absolute atomic E-state index is 10.8. The first-order chi connectivity index (χ1) is 8.59. The number of rotatable bonds is 4. The number of imidazole rings is 1. The second-order valence-corrected chi connectivity index (χ2v) is 4.07. The molecular weight excluding hydrogens is 256 g/mol. The molecule has 0 unspecified atom stereocenters. The van der Waals surface area contributed by atoms with E-state index in [9.17, 15) is 10.1 Å². The molecule has 1 heterocycles. The van der Waals surface area contributed by atoms with E-state index in [0.717, 1.165) is 0 Å². The van der Waals surface area contributed by atoms with Crippen LogP contribution >= 0.6 is 11.6 Å². The van der Waals surface area contributed by atoms with Gasteiger partial charge in [-0.25, -0.2) is 4.98 Å². The molecule has 0 spiro atoms. The minimum absolute atomic E-state index is 0.0396. The molecule has 1 aromatic heterocycles. The van der Waals surface area contributed by atoms with Gasteiger partial charge in [-0.1, -0.05) is 23.7 Å². The summed E-state index contributed by atoms with van der Waals surface area (Å²) < 4.78 is 1.71. The van der Waals surface area contributed by atoms with Crippen molar-refractivity contribution < 1.29 is 4.92 Å². The second kappa shape index (κ2) is 5.05. The fourth-order valence-corrected chi connectivity index (χ4v) is 1.69. The molecule has 0 aliphatic carbocycles. The van der Waals surface area contributed by atoms with Crippen LogP contribution in [-0.2, 0) is 13.6 Å². The Morgan fingerprint density at radius 2 is 2.22 bits per heavy atom. The Morgan fingerprint density at radius 1 is 1.50 bits per heavy atom. The van der Waals surface area contributed by atoms with Gasteiger partial charge in [0.15, 0.2) is 0 Å². The first-order valence-corrected chi connectivity index (χ1v) is 5.61. The molecule has 0 fully saturated rings. The number of nitro benzene ring substituents is 1. The maximum Gasteiger partial charge on any atom is 0.292 e. The molecule has 0 atom stereocenters. The Morgan fingerprint density at radius 3 is 2.83 bits per heavy atom. The smallest absolute Gasteiger partial charge is 0.292 e. The molecule has 18 heavy (non-hydrogen) atoms. The Balaban J connectivity index is 2.16. The van der Waals surface area contributed by atoms with Crippen LogP contribution in [0, 0.1) is 10.1 Å². The number of hydrogen-bond acceptors (Lipinski definition) is 4. The molecule has 0 radical (unpaired) electrons. The fourth-order valence-electron chi connectivity index (χ4n) is 1.55. The van der Waals surface area contributed by atoms with Crippen LogP contribution in [0.5, 0.6) is 0 Å². The number of hydrogen-bond donors (Lipinski definition) is 1. The molecule has 6 nitrogen and oxygen atoms in total. The van der Waals surface area contributed by atoms with E-state index in [4.69, 9.17) is 11.6 Å². The van der Waals surface area contributed by atoms with Gasteiger partial charge >= 0.3 is 0 Å². The summed E-state index contributed by atoms with van der Waals surface area (Å²) in [5, 5.41) is 14.3. The summed E-state index contributed by atoms with van der Waals surface area (Å²) in [4.78, 5) is 14.5. The number of halogens is 1. The molecule has 1 N–H and O–H groups in total. The van der Waals surface area contributed by atoms with Crippen molar-refractivity contribution in [3.63, 3.8) is 0 Å². The number of anilines is 1. The summed E-state index contributed by atoms with van der Waals surface area (Å²) in [7, 11) is 1.78. The van der Waals surface area contributed by atoms with E-state index in [1.54, 1.807) is 29.8 Å². The van der Waals surface area contributed by atoms with E-state index in [-0.39, 0.29) is 5.69 Å². The van der Waals surface area contributed by atoms with Crippen LogP contribution < -0.4 is 5.32 Å². The zero-order chi connectivity index (χ0) is 13.1. The average molecular weight is 267 g/mol. The third kappa shape index (κ3) is 2.43. The number of para-hydroxylation sites is 2. The Bertz CT molecular complexity index is 582. The van der Waals surface area contributed by atoms with Crippen molar-refractivity contribution in [2.24, 2.45) is 7.05 Å². The summed E-state index contributed by atoms with van der Waals surface area (Å²) >= 11 is 5.86. The summed E-state index contributed by atoms with van der Waals surface area (Å²) in [5.41, 5.74) is 0.499. The lowest BCUT2D eigenvalue weighted by atomic mass is 10.2. The van der Waals surface area contributed by atoms with Gasteiger partial charge in [0.05, 0.1) is 17.7 Å². The molecule has 0 aliphatic heterocycles. The molecule has 94 valence electrons. The van der Waals surface area contributed by atoms with Crippen molar-refractivity contribution in [1.82, 2.24) is 9.55 Å². The zero-order valence-electron chi connectivity index (χ0n) is 9.63. The van der Waals surface area contributed by atoms with E-state index in [1.807, 2.05) is 0 Å². The van der Waals surface area contributed by atoms with Gasteiger partial charge in [-0.3, -0.25) is 10.1 Å². The second-order valence-electron chi connectivity index (χ2n) is 3.68. The van der Waals surface area contributed by atoms with E-state index >= 15 is 0 Å². The van der Waals surface area contributed by atoms with Gasteiger partial charge in [-0.05, 0) is 6.07 Å². The normalized spacial score (nSPS) is 10.3. The molecule has 1 aromatic carbocycles. The lowest BCUT2D eigenvalue weighted by Crippen LogP contribution is -2.07. The number of nitrogens with zero attached hydrogens (tertiary/aromatic N) is 3. The van der Waals surface area contributed by atoms with Crippen molar-refractivity contribution in [3.05, 3.63) is 51.6 Å². The molecule has 0 amide bonds. The van der Waals surface area contributed by atoms with Crippen molar-refractivity contribution in [1.29, 1.82) is 0 Å². The zero-order valence-corrected chi connectivity index (χ0v) is 10.4. The van der Waals surface area contributed by atoms with Gasteiger partial charge in [-0.15, -0.1) is 0 Å². The first kappa shape index (κ1) is 12.4. The topological polar surface area (TPSA) is 73.0 Å². The van der Waals surface area contributed by atoms with Gasteiger partial charge in [-0.2, -0.15) is 0 Å². The summed E-state index contributed by atoms with van der Waals surface area (Å²) in [5.74, 6) is 0.707. The highest BCUT2D eigenvalue weighted by Gasteiger charge is 2.12. The predicted octanol–water partition coefficient (Wildman–Crippen LogP) is 2.59. The number of nitro groups is 1. The van der Waals surface area contributed by atoms with Crippen LogP contribution in [0.25, 0.3) is 0 Å². The van der Waals surface area contributed by atoms with Crippen LogP contribution in [-0.4, -0.2) is 14.5 Å². The van der Waals surface area contributed by atoms with Crippen molar-refractivity contribution in [2.45, 2.75) is 6.54 Å². The number of benzene rings is 1.